The molecular formula is C28H38N4O3. The fourth-order valence-electron chi connectivity index (χ4n) is 5.27. The van der Waals surface area contributed by atoms with Crippen molar-refractivity contribution in [1.82, 2.24) is 19.6 Å². The average Bonchev–Trinajstić information content (AvgIpc) is 2.85. The molecule has 2 atom stereocenters. The van der Waals surface area contributed by atoms with Gasteiger partial charge in [0.1, 0.15) is 6.61 Å². The van der Waals surface area contributed by atoms with Crippen LogP contribution >= 0.6 is 0 Å². The fourth-order valence-corrected chi connectivity index (χ4v) is 5.27. The number of benzene rings is 2. The molecule has 2 saturated heterocycles. The van der Waals surface area contributed by atoms with E-state index in [0.29, 0.717) is 5.56 Å². The van der Waals surface area contributed by atoms with E-state index in [0.717, 1.165) is 63.5 Å². The highest BCUT2D eigenvalue weighted by Gasteiger charge is 2.33. The third-order valence-corrected chi connectivity index (χ3v) is 7.26. The Morgan fingerprint density at radius 3 is 1.77 bits per heavy atom. The van der Waals surface area contributed by atoms with E-state index in [1.807, 2.05) is 29.2 Å². The normalized spacial score (nSPS) is 22.3. The number of hydrogen-bond donors (Lipinski definition) is 1. The maximum atomic E-state index is 13.4. The largest absolute Gasteiger partial charge is 0.388 e. The average molecular weight is 479 g/mol. The first-order valence-electron chi connectivity index (χ1n) is 12.6. The van der Waals surface area contributed by atoms with Crippen LogP contribution < -0.4 is 0 Å². The SMILES string of the molecule is C[C@@H]1CN(Cc2ccc(C(=O)CO)cc2)C[C@H](C)N1C(=O)c1ccc(CN2CCN(C)CC2)cc1. The van der Waals surface area contributed by atoms with Crippen molar-refractivity contribution in [2.45, 2.75) is 39.0 Å². The smallest absolute Gasteiger partial charge is 0.254 e. The summed E-state index contributed by atoms with van der Waals surface area (Å²) in [7, 11) is 2.17. The van der Waals surface area contributed by atoms with Crippen LogP contribution in [0.5, 0.6) is 0 Å². The number of rotatable bonds is 7. The van der Waals surface area contributed by atoms with E-state index in [-0.39, 0.29) is 23.8 Å². The Kier molecular flexibility index (Phi) is 8.34. The predicted molar refractivity (Wildman–Crippen MR) is 137 cm³/mol. The summed E-state index contributed by atoms with van der Waals surface area (Å²) in [5, 5.41) is 9.02. The van der Waals surface area contributed by atoms with Crippen molar-refractivity contribution in [3.8, 4) is 0 Å². The molecule has 1 amide bonds. The van der Waals surface area contributed by atoms with Crippen LogP contribution in [0.4, 0.5) is 0 Å². The molecule has 7 heteroatoms. The zero-order valence-electron chi connectivity index (χ0n) is 21.2. The van der Waals surface area contributed by atoms with Gasteiger partial charge in [0, 0.05) is 75.6 Å². The number of likely N-dealkylation sites (N-methyl/N-ethyl adjacent to an activating group) is 1. The molecule has 1 N–H and O–H groups in total. The van der Waals surface area contributed by atoms with Crippen LogP contribution in [0, 0.1) is 0 Å². The van der Waals surface area contributed by atoms with Gasteiger partial charge in [-0.15, -0.1) is 0 Å². The number of aliphatic hydroxyl groups excluding tert-OH is 1. The quantitative estimate of drug-likeness (QED) is 0.617. The molecule has 0 radical (unpaired) electrons. The lowest BCUT2D eigenvalue weighted by molar-refractivity contribution is 0.0268. The summed E-state index contributed by atoms with van der Waals surface area (Å²) in [5.74, 6) is -0.166. The van der Waals surface area contributed by atoms with E-state index < -0.39 is 6.61 Å². The molecule has 4 rings (SSSR count). The Labute approximate surface area is 208 Å². The van der Waals surface area contributed by atoms with E-state index >= 15 is 0 Å². The standard InChI is InChI=1S/C28H38N4O3/c1-21-16-31(19-24-4-8-25(9-5-24)27(34)20-33)17-22(2)32(21)28(35)26-10-6-23(7-11-26)18-30-14-12-29(3)13-15-30/h4-11,21-22,33H,12-20H2,1-3H3/t21-,22+. The van der Waals surface area contributed by atoms with Gasteiger partial charge in [-0.25, -0.2) is 0 Å². The van der Waals surface area contributed by atoms with Crippen molar-refractivity contribution in [2.75, 3.05) is 52.9 Å². The van der Waals surface area contributed by atoms with Crippen molar-refractivity contribution in [3.05, 3.63) is 70.8 Å². The van der Waals surface area contributed by atoms with Gasteiger partial charge in [-0.2, -0.15) is 0 Å². The fraction of sp³-hybridized carbons (Fsp3) is 0.500. The summed E-state index contributed by atoms with van der Waals surface area (Å²) in [4.78, 5) is 34.2. The second-order valence-electron chi connectivity index (χ2n) is 10.2. The minimum atomic E-state index is -0.469. The van der Waals surface area contributed by atoms with Gasteiger partial charge >= 0.3 is 0 Å². The first kappa shape index (κ1) is 25.5. The number of amides is 1. The number of nitrogens with zero attached hydrogens (tertiary/aromatic N) is 4. The van der Waals surface area contributed by atoms with Crippen molar-refractivity contribution in [2.24, 2.45) is 0 Å². The highest BCUT2D eigenvalue weighted by molar-refractivity contribution is 5.97. The molecule has 2 heterocycles. The molecule has 2 aromatic rings. The van der Waals surface area contributed by atoms with E-state index in [1.165, 1.54) is 5.56 Å². The predicted octanol–water partition coefficient (Wildman–Crippen LogP) is 2.34. The van der Waals surface area contributed by atoms with E-state index in [4.69, 9.17) is 5.11 Å². The van der Waals surface area contributed by atoms with Crippen LogP contribution in [0.25, 0.3) is 0 Å². The molecule has 0 aliphatic carbocycles. The Morgan fingerprint density at radius 1 is 0.771 bits per heavy atom. The Morgan fingerprint density at radius 2 is 1.26 bits per heavy atom. The summed E-state index contributed by atoms with van der Waals surface area (Å²) in [6, 6.07) is 15.8. The van der Waals surface area contributed by atoms with Crippen LogP contribution in [-0.4, -0.2) is 101 Å². The maximum Gasteiger partial charge on any atom is 0.254 e. The minimum Gasteiger partial charge on any atom is -0.388 e. The summed E-state index contributed by atoms with van der Waals surface area (Å²) >= 11 is 0. The van der Waals surface area contributed by atoms with Crippen molar-refractivity contribution in [1.29, 1.82) is 0 Å². The first-order valence-corrected chi connectivity index (χ1v) is 12.6. The molecule has 0 unspecified atom stereocenters. The molecule has 2 aromatic carbocycles. The van der Waals surface area contributed by atoms with Gasteiger partial charge in [0.05, 0.1) is 0 Å². The van der Waals surface area contributed by atoms with Gasteiger partial charge in [0.25, 0.3) is 5.91 Å². The van der Waals surface area contributed by atoms with Crippen LogP contribution in [0.15, 0.2) is 48.5 Å². The number of Topliss-reactive ketones (excluding diaryl/α,β-unsaturated/α-hetero) is 1. The van der Waals surface area contributed by atoms with Crippen LogP contribution in [-0.2, 0) is 13.1 Å². The molecule has 7 nitrogen and oxygen atoms in total. The highest BCUT2D eigenvalue weighted by atomic mass is 16.3. The summed E-state index contributed by atoms with van der Waals surface area (Å²) in [6.07, 6.45) is 0. The Hall–Kier alpha value is -2.58. The van der Waals surface area contributed by atoms with Crippen molar-refractivity contribution < 1.29 is 14.7 Å². The van der Waals surface area contributed by atoms with Crippen molar-refractivity contribution >= 4 is 11.7 Å². The second kappa shape index (κ2) is 11.4. The van der Waals surface area contributed by atoms with E-state index in [2.05, 4.69) is 47.7 Å². The van der Waals surface area contributed by atoms with Crippen LogP contribution in [0.2, 0.25) is 0 Å². The van der Waals surface area contributed by atoms with Crippen molar-refractivity contribution in [3.63, 3.8) is 0 Å². The Balaban J connectivity index is 1.33. The molecule has 0 spiro atoms. The number of ketones is 1. The third-order valence-electron chi connectivity index (χ3n) is 7.26. The van der Waals surface area contributed by atoms with Gasteiger partial charge in [-0.05, 0) is 44.2 Å². The molecule has 2 aliphatic rings. The number of carbonyl (C=O) groups is 2. The lowest BCUT2D eigenvalue weighted by Gasteiger charge is -2.44. The molecule has 0 bridgehead atoms. The zero-order chi connectivity index (χ0) is 24.9. The molecular weight excluding hydrogens is 440 g/mol. The lowest BCUT2D eigenvalue weighted by Crippen LogP contribution is -2.58. The number of aliphatic hydroxyl groups is 1. The molecule has 35 heavy (non-hydrogen) atoms. The first-order chi connectivity index (χ1) is 16.8. The number of carbonyl (C=O) groups excluding carboxylic acids is 2. The van der Waals surface area contributed by atoms with Gasteiger partial charge < -0.3 is 14.9 Å². The van der Waals surface area contributed by atoms with Gasteiger partial charge in [-0.3, -0.25) is 19.4 Å². The Bertz CT molecular complexity index is 988. The minimum absolute atomic E-state index is 0.0997. The molecule has 188 valence electrons. The highest BCUT2D eigenvalue weighted by Crippen LogP contribution is 2.22. The molecule has 0 saturated carbocycles. The second-order valence-corrected chi connectivity index (χ2v) is 10.2. The van der Waals surface area contributed by atoms with Gasteiger partial charge in [0.2, 0.25) is 0 Å². The summed E-state index contributed by atoms with van der Waals surface area (Å²) < 4.78 is 0. The van der Waals surface area contributed by atoms with Crippen LogP contribution in [0.1, 0.15) is 45.7 Å². The van der Waals surface area contributed by atoms with E-state index in [9.17, 15) is 9.59 Å². The molecule has 2 aliphatic heterocycles. The topological polar surface area (TPSA) is 67.3 Å². The lowest BCUT2D eigenvalue weighted by atomic mass is 10.0. The number of hydrogen-bond acceptors (Lipinski definition) is 6. The monoisotopic (exact) mass is 478 g/mol. The molecule has 0 aromatic heterocycles. The van der Waals surface area contributed by atoms with E-state index in [1.54, 1.807) is 12.1 Å². The van der Waals surface area contributed by atoms with Gasteiger partial charge in [0.15, 0.2) is 5.78 Å². The maximum absolute atomic E-state index is 13.4. The zero-order valence-corrected chi connectivity index (χ0v) is 21.2. The van der Waals surface area contributed by atoms with Crippen LogP contribution in [0.3, 0.4) is 0 Å². The summed E-state index contributed by atoms with van der Waals surface area (Å²) in [6.45, 7) is 11.4. The third kappa shape index (κ3) is 6.35. The molecule has 2 fully saturated rings. The van der Waals surface area contributed by atoms with Gasteiger partial charge in [-0.1, -0.05) is 36.4 Å². The number of piperazine rings is 2. The summed E-state index contributed by atoms with van der Waals surface area (Å²) in [5.41, 5.74) is 3.66.